The average molecular weight is 461 g/mol. The first-order valence-electron chi connectivity index (χ1n) is 9.92. The van der Waals surface area contributed by atoms with Gasteiger partial charge in [-0.2, -0.15) is 0 Å². The minimum absolute atomic E-state index is 0.314. The molecule has 7 nitrogen and oxygen atoms in total. The zero-order valence-electron chi connectivity index (χ0n) is 17.0. The zero-order chi connectivity index (χ0) is 21.8. The third kappa shape index (κ3) is 5.07. The van der Waals surface area contributed by atoms with Crippen LogP contribution in [0.5, 0.6) is 0 Å². The van der Waals surface area contributed by atoms with Gasteiger partial charge in [0.2, 0.25) is 11.8 Å². The van der Waals surface area contributed by atoms with Crippen molar-refractivity contribution in [3.05, 3.63) is 70.0 Å². The van der Waals surface area contributed by atoms with Crippen LogP contribution in [0.1, 0.15) is 17.5 Å². The summed E-state index contributed by atoms with van der Waals surface area (Å²) in [4.78, 5) is 16.8. The van der Waals surface area contributed by atoms with Crippen molar-refractivity contribution in [1.29, 1.82) is 0 Å². The normalized spacial score (nSPS) is 16.2. The standard InChI is InChI=1S/C22H22Cl2N4O3/c1-30-22(29)20(17-4-2-3-5-18(17)24)28-12-10-27(11-13-28)14-19-25-26-21(31-19)15-6-8-16(23)9-7-15/h2-9,20H,10-14H2,1H3/t20-/m0/s1. The van der Waals surface area contributed by atoms with E-state index in [0.29, 0.717) is 41.5 Å². The summed E-state index contributed by atoms with van der Waals surface area (Å²) in [7, 11) is 1.40. The van der Waals surface area contributed by atoms with Crippen LogP contribution in [0.4, 0.5) is 0 Å². The quantitative estimate of drug-likeness (QED) is 0.513. The summed E-state index contributed by atoms with van der Waals surface area (Å²) in [5, 5.41) is 9.52. The van der Waals surface area contributed by atoms with Gasteiger partial charge in [0.1, 0.15) is 6.04 Å². The third-order valence-electron chi connectivity index (χ3n) is 5.31. The number of hydrogen-bond donors (Lipinski definition) is 0. The highest BCUT2D eigenvalue weighted by Crippen LogP contribution is 2.29. The molecule has 0 unspecified atom stereocenters. The summed E-state index contributed by atoms with van der Waals surface area (Å²) in [6.07, 6.45) is 0. The Balaban J connectivity index is 1.39. The molecule has 0 saturated carbocycles. The van der Waals surface area contributed by atoms with Crippen molar-refractivity contribution in [2.75, 3.05) is 33.3 Å². The molecule has 9 heteroatoms. The molecule has 0 bridgehead atoms. The van der Waals surface area contributed by atoms with Crippen LogP contribution in [0.2, 0.25) is 10.0 Å². The smallest absolute Gasteiger partial charge is 0.327 e. The molecule has 1 aliphatic heterocycles. The Bertz CT molecular complexity index is 1030. The fraction of sp³-hybridized carbons (Fsp3) is 0.318. The summed E-state index contributed by atoms with van der Waals surface area (Å²) in [5.74, 6) is 0.704. The third-order valence-corrected chi connectivity index (χ3v) is 5.91. The van der Waals surface area contributed by atoms with Gasteiger partial charge in [-0.25, -0.2) is 4.79 Å². The molecule has 0 spiro atoms. The van der Waals surface area contributed by atoms with Gasteiger partial charge in [-0.05, 0) is 35.9 Å². The van der Waals surface area contributed by atoms with Crippen LogP contribution in [0, 0.1) is 0 Å². The first kappa shape index (κ1) is 21.8. The second kappa shape index (κ2) is 9.78. The summed E-state index contributed by atoms with van der Waals surface area (Å²) < 4.78 is 10.9. The molecule has 1 fully saturated rings. The van der Waals surface area contributed by atoms with Crippen LogP contribution >= 0.6 is 23.2 Å². The molecule has 1 saturated heterocycles. The van der Waals surface area contributed by atoms with Gasteiger partial charge in [-0.3, -0.25) is 9.80 Å². The first-order chi connectivity index (χ1) is 15.0. The number of aromatic nitrogens is 2. The van der Waals surface area contributed by atoms with Crippen LogP contribution in [0.15, 0.2) is 52.9 Å². The Labute approximate surface area is 190 Å². The Morgan fingerprint density at radius 1 is 1.06 bits per heavy atom. The second-order valence-electron chi connectivity index (χ2n) is 7.27. The van der Waals surface area contributed by atoms with Crippen LogP contribution in [-0.4, -0.2) is 59.3 Å². The van der Waals surface area contributed by atoms with Gasteiger partial charge in [0.05, 0.1) is 13.7 Å². The molecule has 0 amide bonds. The topological polar surface area (TPSA) is 71.7 Å². The number of hydrogen-bond acceptors (Lipinski definition) is 7. The van der Waals surface area contributed by atoms with Crippen molar-refractivity contribution in [3.8, 4) is 11.5 Å². The first-order valence-corrected chi connectivity index (χ1v) is 10.7. The molecule has 0 N–H and O–H groups in total. The number of esters is 1. The summed E-state index contributed by atoms with van der Waals surface area (Å²) in [5.41, 5.74) is 1.59. The van der Waals surface area contributed by atoms with Gasteiger partial charge in [-0.15, -0.1) is 10.2 Å². The van der Waals surface area contributed by atoms with E-state index in [-0.39, 0.29) is 5.97 Å². The van der Waals surface area contributed by atoms with E-state index in [2.05, 4.69) is 20.0 Å². The fourth-order valence-electron chi connectivity index (χ4n) is 3.68. The predicted molar refractivity (Wildman–Crippen MR) is 118 cm³/mol. The van der Waals surface area contributed by atoms with E-state index < -0.39 is 6.04 Å². The molecule has 0 aliphatic carbocycles. The van der Waals surface area contributed by atoms with Gasteiger partial charge >= 0.3 is 5.97 Å². The molecule has 2 heterocycles. The van der Waals surface area contributed by atoms with E-state index in [1.54, 1.807) is 18.2 Å². The average Bonchev–Trinajstić information content (AvgIpc) is 3.25. The van der Waals surface area contributed by atoms with E-state index in [9.17, 15) is 4.79 Å². The maximum atomic E-state index is 12.5. The number of nitrogens with zero attached hydrogens (tertiary/aromatic N) is 4. The van der Waals surface area contributed by atoms with Crippen molar-refractivity contribution in [2.24, 2.45) is 0 Å². The molecule has 2 aromatic carbocycles. The Hall–Kier alpha value is -2.45. The van der Waals surface area contributed by atoms with Crippen molar-refractivity contribution in [2.45, 2.75) is 12.6 Å². The predicted octanol–water partition coefficient (Wildman–Crippen LogP) is 4.08. The number of methoxy groups -OCH3 is 1. The summed E-state index contributed by atoms with van der Waals surface area (Å²) in [6.45, 7) is 3.41. The van der Waals surface area contributed by atoms with Crippen molar-refractivity contribution >= 4 is 29.2 Å². The van der Waals surface area contributed by atoms with Gasteiger partial charge in [0.15, 0.2) is 0 Å². The lowest BCUT2D eigenvalue weighted by Crippen LogP contribution is -2.49. The van der Waals surface area contributed by atoms with Crippen molar-refractivity contribution < 1.29 is 13.9 Å². The number of halogens is 2. The Kier molecular flexibility index (Phi) is 6.87. The van der Waals surface area contributed by atoms with Crippen LogP contribution in [0.3, 0.4) is 0 Å². The SMILES string of the molecule is COC(=O)[C@H](c1ccccc1Cl)N1CCN(Cc2nnc(-c3ccc(Cl)cc3)o2)CC1. The van der Waals surface area contributed by atoms with Gasteiger partial charge in [-0.1, -0.05) is 41.4 Å². The fourth-order valence-corrected chi connectivity index (χ4v) is 4.04. The Morgan fingerprint density at radius 3 is 2.45 bits per heavy atom. The maximum absolute atomic E-state index is 12.5. The number of carbonyl (C=O) groups is 1. The van der Waals surface area contributed by atoms with E-state index in [1.165, 1.54) is 7.11 Å². The lowest BCUT2D eigenvalue weighted by molar-refractivity contribution is -0.148. The minimum Gasteiger partial charge on any atom is -0.468 e. The monoisotopic (exact) mass is 460 g/mol. The maximum Gasteiger partial charge on any atom is 0.327 e. The van der Waals surface area contributed by atoms with Gasteiger partial charge in [0.25, 0.3) is 0 Å². The van der Waals surface area contributed by atoms with Crippen LogP contribution < -0.4 is 0 Å². The van der Waals surface area contributed by atoms with Crippen molar-refractivity contribution in [3.63, 3.8) is 0 Å². The molecular formula is C22H22Cl2N4O3. The largest absolute Gasteiger partial charge is 0.468 e. The Morgan fingerprint density at radius 2 is 1.77 bits per heavy atom. The zero-order valence-corrected chi connectivity index (χ0v) is 18.5. The van der Waals surface area contributed by atoms with Crippen molar-refractivity contribution in [1.82, 2.24) is 20.0 Å². The highest BCUT2D eigenvalue weighted by Gasteiger charge is 2.32. The number of ether oxygens (including phenoxy) is 1. The van der Waals surface area contributed by atoms with Gasteiger partial charge in [0, 0.05) is 41.8 Å². The van der Waals surface area contributed by atoms with E-state index in [1.807, 2.05) is 30.3 Å². The number of rotatable bonds is 6. The number of carbonyl (C=O) groups excluding carboxylic acids is 1. The number of piperazine rings is 1. The lowest BCUT2D eigenvalue weighted by Gasteiger charge is -2.37. The molecule has 3 aromatic rings. The molecule has 1 atom stereocenters. The number of benzene rings is 2. The molecule has 1 aromatic heterocycles. The van der Waals surface area contributed by atoms with E-state index >= 15 is 0 Å². The summed E-state index contributed by atoms with van der Waals surface area (Å²) >= 11 is 12.3. The highest BCUT2D eigenvalue weighted by atomic mass is 35.5. The van der Waals surface area contributed by atoms with Gasteiger partial charge < -0.3 is 9.15 Å². The molecule has 31 heavy (non-hydrogen) atoms. The van der Waals surface area contributed by atoms with Crippen LogP contribution in [0.25, 0.3) is 11.5 Å². The highest BCUT2D eigenvalue weighted by molar-refractivity contribution is 6.31. The second-order valence-corrected chi connectivity index (χ2v) is 8.11. The molecular weight excluding hydrogens is 439 g/mol. The molecule has 0 radical (unpaired) electrons. The minimum atomic E-state index is -0.527. The summed E-state index contributed by atoms with van der Waals surface area (Å²) in [6, 6.07) is 14.1. The lowest BCUT2D eigenvalue weighted by atomic mass is 10.0. The molecule has 162 valence electrons. The molecule has 4 rings (SSSR count). The van der Waals surface area contributed by atoms with Crippen LogP contribution in [-0.2, 0) is 16.1 Å². The van der Waals surface area contributed by atoms with E-state index in [4.69, 9.17) is 32.4 Å². The van der Waals surface area contributed by atoms with E-state index in [0.717, 1.165) is 24.2 Å². The molecule has 1 aliphatic rings.